The summed E-state index contributed by atoms with van der Waals surface area (Å²) in [5, 5.41) is 8.85. The first-order valence-electron chi connectivity index (χ1n) is 14.1. The molecule has 1 aromatic carbocycles. The zero-order valence-electron chi connectivity index (χ0n) is 24.9. The number of rotatable bonds is 18. The van der Waals surface area contributed by atoms with E-state index in [0.29, 0.717) is 50.5 Å². The number of methoxy groups -OCH3 is 2. The number of nitrogens with zero attached hydrogens (tertiary/aromatic N) is 3. The maximum atomic E-state index is 12.9. The number of amides is 1. The molecule has 0 spiro atoms. The van der Waals surface area contributed by atoms with Gasteiger partial charge in [-0.05, 0) is 65.5 Å². The lowest BCUT2D eigenvalue weighted by Gasteiger charge is -2.35. The van der Waals surface area contributed by atoms with Crippen LogP contribution in [0.4, 0.5) is 0 Å². The van der Waals surface area contributed by atoms with E-state index in [-0.39, 0.29) is 30.6 Å². The number of esters is 1. The summed E-state index contributed by atoms with van der Waals surface area (Å²) in [4.78, 5) is 27.4. The molecule has 224 valence electrons. The number of ether oxygens (including phenoxy) is 3. The molecular weight excluding hydrogens is 533 g/mol. The van der Waals surface area contributed by atoms with E-state index in [0.717, 1.165) is 31.2 Å². The number of nitriles is 1. The Kier molecular flexibility index (Phi) is 15.3. The van der Waals surface area contributed by atoms with Crippen LogP contribution >= 0.6 is 8.53 Å². The smallest absolute Gasteiger partial charge is 0.329 e. The largest absolute Gasteiger partial charge is 0.497 e. The average molecular weight is 580 g/mol. The van der Waals surface area contributed by atoms with Crippen LogP contribution in [0.25, 0.3) is 0 Å². The minimum Gasteiger partial charge on any atom is -0.497 e. The number of carbonyl (C=O) groups is 2. The third-order valence-corrected chi connectivity index (χ3v) is 8.72. The second-order valence-corrected chi connectivity index (χ2v) is 11.7. The Hall–Kier alpha value is -2.44. The summed E-state index contributed by atoms with van der Waals surface area (Å²) >= 11 is 0. The number of likely N-dealkylation sites (tertiary alicyclic amines) is 1. The second kappa shape index (κ2) is 18.1. The molecule has 2 rings (SSSR count). The minimum absolute atomic E-state index is 0.0183. The Morgan fingerprint density at radius 3 is 2.45 bits per heavy atom. The molecule has 11 heteroatoms. The Labute approximate surface area is 240 Å². The van der Waals surface area contributed by atoms with E-state index in [1.54, 1.807) is 37.3 Å². The van der Waals surface area contributed by atoms with E-state index in [1.165, 1.54) is 0 Å². The molecule has 0 bridgehead atoms. The Balaban J connectivity index is 1.77. The minimum atomic E-state index is -1.25. The van der Waals surface area contributed by atoms with Gasteiger partial charge >= 0.3 is 5.97 Å². The molecule has 1 amide bonds. The normalized spacial score (nSPS) is 15.9. The fourth-order valence-corrected chi connectivity index (χ4v) is 6.31. The summed E-state index contributed by atoms with van der Waals surface area (Å²) in [6.07, 6.45) is 4.44. The van der Waals surface area contributed by atoms with Crippen LogP contribution in [-0.2, 0) is 30.0 Å². The zero-order chi connectivity index (χ0) is 29.5. The van der Waals surface area contributed by atoms with Crippen molar-refractivity contribution in [1.82, 2.24) is 9.57 Å². The number of unbranched alkanes of at least 4 members (excludes halogenated alkanes) is 2. The van der Waals surface area contributed by atoms with Crippen molar-refractivity contribution in [3.63, 3.8) is 0 Å². The van der Waals surface area contributed by atoms with Crippen LogP contribution in [0.15, 0.2) is 18.2 Å². The van der Waals surface area contributed by atoms with Crippen LogP contribution in [-0.4, -0.2) is 73.6 Å². The van der Waals surface area contributed by atoms with Crippen molar-refractivity contribution in [3.05, 3.63) is 23.8 Å². The van der Waals surface area contributed by atoms with Gasteiger partial charge in [0, 0.05) is 36.7 Å². The lowest BCUT2D eigenvalue weighted by atomic mass is 10.1. The van der Waals surface area contributed by atoms with Crippen LogP contribution < -0.4 is 9.47 Å². The van der Waals surface area contributed by atoms with Crippen molar-refractivity contribution >= 4 is 20.4 Å². The Morgan fingerprint density at radius 1 is 1.07 bits per heavy atom. The van der Waals surface area contributed by atoms with E-state index in [4.69, 9.17) is 28.5 Å². The molecule has 1 aliphatic heterocycles. The summed E-state index contributed by atoms with van der Waals surface area (Å²) in [5.41, 5.74) is 0.735. The standard InChI is InChI=1S/C29H46N3O7P/c1-22(2)32(23(3)4)40(39-19-11-16-30)38-18-9-7-8-13-28(33)31-17-10-12-26(31)29(34)37-21-24-14-15-25(35-5)20-27(24)36-6/h14-15,20,22-23,26H,7-13,17-19,21H2,1-6H3. The van der Waals surface area contributed by atoms with Crippen LogP contribution in [0.5, 0.6) is 11.5 Å². The topological polar surface area (TPSA) is 111 Å². The molecule has 0 radical (unpaired) electrons. The molecule has 0 N–H and O–H groups in total. The third kappa shape index (κ3) is 10.5. The summed E-state index contributed by atoms with van der Waals surface area (Å²) in [7, 11) is 1.88. The van der Waals surface area contributed by atoms with Gasteiger partial charge in [-0.25, -0.2) is 9.46 Å². The summed E-state index contributed by atoms with van der Waals surface area (Å²) < 4.78 is 30.4. The number of carbonyl (C=O) groups excluding carboxylic acids is 2. The highest BCUT2D eigenvalue weighted by Crippen LogP contribution is 2.46. The van der Waals surface area contributed by atoms with Crippen molar-refractivity contribution in [2.75, 3.05) is 34.0 Å². The lowest BCUT2D eigenvalue weighted by Crippen LogP contribution is -2.41. The predicted octanol–water partition coefficient (Wildman–Crippen LogP) is 5.59. The molecular formula is C29H46N3O7P. The zero-order valence-corrected chi connectivity index (χ0v) is 25.8. The number of benzene rings is 1. The highest BCUT2D eigenvalue weighted by atomic mass is 31.2. The summed E-state index contributed by atoms with van der Waals surface area (Å²) in [6, 6.07) is 7.40. The van der Waals surface area contributed by atoms with Crippen LogP contribution in [0.3, 0.4) is 0 Å². The maximum absolute atomic E-state index is 12.9. The summed E-state index contributed by atoms with van der Waals surface area (Å²) in [5.74, 6) is 0.832. The van der Waals surface area contributed by atoms with Crippen molar-refractivity contribution in [1.29, 1.82) is 5.26 Å². The third-order valence-electron chi connectivity index (χ3n) is 6.61. The second-order valence-electron chi connectivity index (χ2n) is 10.2. The van der Waals surface area contributed by atoms with Gasteiger partial charge in [0.15, 0.2) is 0 Å². The first-order valence-corrected chi connectivity index (χ1v) is 15.2. The van der Waals surface area contributed by atoms with Gasteiger partial charge in [0.2, 0.25) is 5.91 Å². The van der Waals surface area contributed by atoms with Gasteiger partial charge in [0.05, 0.1) is 39.9 Å². The molecule has 2 atom stereocenters. The molecule has 1 saturated heterocycles. The maximum Gasteiger partial charge on any atom is 0.329 e. The van der Waals surface area contributed by atoms with E-state index >= 15 is 0 Å². The molecule has 0 aliphatic carbocycles. The molecule has 0 aromatic heterocycles. The van der Waals surface area contributed by atoms with Crippen LogP contribution in [0, 0.1) is 11.3 Å². The van der Waals surface area contributed by atoms with Crippen molar-refractivity contribution in [2.45, 2.75) is 97.4 Å². The quantitative estimate of drug-likeness (QED) is 0.125. The first-order chi connectivity index (χ1) is 19.2. The predicted molar refractivity (Wildman–Crippen MR) is 154 cm³/mol. The van der Waals surface area contributed by atoms with Gasteiger partial charge in [0.25, 0.3) is 8.53 Å². The van der Waals surface area contributed by atoms with Crippen molar-refractivity contribution in [3.8, 4) is 17.6 Å². The van der Waals surface area contributed by atoms with E-state index in [1.807, 2.05) is 0 Å². The molecule has 2 unspecified atom stereocenters. The van der Waals surface area contributed by atoms with Gasteiger partial charge in [-0.2, -0.15) is 5.26 Å². The van der Waals surface area contributed by atoms with Gasteiger partial charge in [-0.3, -0.25) is 4.79 Å². The molecule has 10 nitrogen and oxygen atoms in total. The highest BCUT2D eigenvalue weighted by Gasteiger charge is 2.35. The van der Waals surface area contributed by atoms with Gasteiger partial charge in [-0.1, -0.05) is 6.42 Å². The van der Waals surface area contributed by atoms with E-state index < -0.39 is 14.6 Å². The molecule has 1 aromatic rings. The SMILES string of the molecule is COc1ccc(COC(=O)C2CCCN2C(=O)CCCCCOP(OCCC#N)N(C(C)C)C(C)C)c(OC)c1. The molecule has 40 heavy (non-hydrogen) atoms. The van der Waals surface area contributed by atoms with Crippen LogP contribution in [0.2, 0.25) is 0 Å². The van der Waals surface area contributed by atoms with Crippen molar-refractivity contribution < 1.29 is 32.8 Å². The average Bonchev–Trinajstić information content (AvgIpc) is 3.43. The van der Waals surface area contributed by atoms with Crippen molar-refractivity contribution in [2.24, 2.45) is 0 Å². The highest BCUT2D eigenvalue weighted by molar-refractivity contribution is 7.44. The lowest BCUT2D eigenvalue weighted by molar-refractivity contribution is -0.154. The van der Waals surface area contributed by atoms with E-state index in [9.17, 15) is 9.59 Å². The van der Waals surface area contributed by atoms with Gasteiger partial charge < -0.3 is 28.2 Å². The monoisotopic (exact) mass is 579 g/mol. The first kappa shape index (κ1) is 33.8. The molecule has 0 saturated carbocycles. The molecule has 1 heterocycles. The Bertz CT molecular complexity index is 961. The van der Waals surface area contributed by atoms with E-state index in [2.05, 4.69) is 38.4 Å². The fraction of sp³-hybridized carbons (Fsp3) is 0.690. The fourth-order valence-electron chi connectivity index (χ4n) is 4.68. The molecule has 1 aliphatic rings. The van der Waals surface area contributed by atoms with Crippen LogP contribution in [0.1, 0.15) is 78.2 Å². The summed E-state index contributed by atoms with van der Waals surface area (Å²) in [6.45, 7) is 9.93. The Morgan fingerprint density at radius 2 is 1.80 bits per heavy atom. The number of hydrogen-bond acceptors (Lipinski definition) is 9. The van der Waals surface area contributed by atoms with Gasteiger partial charge in [-0.15, -0.1) is 0 Å². The van der Waals surface area contributed by atoms with Gasteiger partial charge in [0.1, 0.15) is 24.1 Å². The molecule has 1 fully saturated rings. The number of hydrogen-bond donors (Lipinski definition) is 0.